The number of hydrogen-bond acceptors (Lipinski definition) is 4. The van der Waals surface area contributed by atoms with Gasteiger partial charge < -0.3 is 15.0 Å². The van der Waals surface area contributed by atoms with Gasteiger partial charge in [-0.1, -0.05) is 26.0 Å². The van der Waals surface area contributed by atoms with E-state index in [-0.39, 0.29) is 5.91 Å². The molecule has 0 atom stereocenters. The molecule has 1 aromatic carbocycles. The molecule has 0 aromatic heterocycles. The standard InChI is InChI=1S/C16H26N2O2S/c1-13(2)21-15-8-6-5-7-14(15)16(19)17-9-11-20-12-10-18(3)4/h5-8,13H,9-12H2,1-4H3,(H,17,19). The molecule has 0 spiro atoms. The van der Waals surface area contributed by atoms with E-state index < -0.39 is 0 Å². The lowest BCUT2D eigenvalue weighted by molar-refractivity contribution is 0.0897. The zero-order valence-corrected chi connectivity index (χ0v) is 14.2. The van der Waals surface area contributed by atoms with Crippen molar-refractivity contribution >= 4 is 17.7 Å². The van der Waals surface area contributed by atoms with Crippen LogP contribution in [0.3, 0.4) is 0 Å². The zero-order valence-electron chi connectivity index (χ0n) is 13.4. The highest BCUT2D eigenvalue weighted by atomic mass is 32.2. The van der Waals surface area contributed by atoms with Crippen LogP contribution in [0.15, 0.2) is 29.2 Å². The number of hydrogen-bond donors (Lipinski definition) is 1. The molecule has 0 aliphatic rings. The number of thioether (sulfide) groups is 1. The molecule has 0 heterocycles. The summed E-state index contributed by atoms with van der Waals surface area (Å²) in [5, 5.41) is 3.36. The molecular weight excluding hydrogens is 284 g/mol. The van der Waals surface area contributed by atoms with Crippen LogP contribution in [0.25, 0.3) is 0 Å². The van der Waals surface area contributed by atoms with E-state index in [1.807, 2.05) is 38.4 Å². The lowest BCUT2D eigenvalue weighted by Gasteiger charge is -2.12. The van der Waals surface area contributed by atoms with E-state index in [0.29, 0.717) is 25.0 Å². The fraction of sp³-hybridized carbons (Fsp3) is 0.562. The average molecular weight is 310 g/mol. The fourth-order valence-electron chi connectivity index (χ4n) is 1.69. The third-order valence-corrected chi connectivity index (χ3v) is 3.79. The van der Waals surface area contributed by atoms with Gasteiger partial charge in [0.05, 0.1) is 18.8 Å². The SMILES string of the molecule is CC(C)Sc1ccccc1C(=O)NCCOCCN(C)C. The topological polar surface area (TPSA) is 41.6 Å². The van der Waals surface area contributed by atoms with Crippen molar-refractivity contribution in [2.75, 3.05) is 40.4 Å². The monoisotopic (exact) mass is 310 g/mol. The maximum atomic E-state index is 12.2. The maximum Gasteiger partial charge on any atom is 0.252 e. The molecule has 0 aliphatic heterocycles. The summed E-state index contributed by atoms with van der Waals surface area (Å²) in [6.45, 7) is 6.90. The molecule has 1 rings (SSSR count). The van der Waals surface area contributed by atoms with E-state index in [1.165, 1.54) is 0 Å². The molecule has 0 saturated carbocycles. The normalized spacial score (nSPS) is 11.1. The zero-order chi connectivity index (χ0) is 15.7. The Morgan fingerprint density at radius 1 is 1.29 bits per heavy atom. The number of ether oxygens (including phenoxy) is 1. The van der Waals surface area contributed by atoms with Crippen LogP contribution in [-0.4, -0.2) is 56.5 Å². The predicted octanol–water partition coefficient (Wildman–Crippen LogP) is 2.50. The number of carbonyl (C=O) groups is 1. The van der Waals surface area contributed by atoms with Crippen LogP contribution in [0, 0.1) is 0 Å². The van der Waals surface area contributed by atoms with Gasteiger partial charge in [0.25, 0.3) is 5.91 Å². The Kier molecular flexibility index (Phi) is 8.42. The van der Waals surface area contributed by atoms with Crippen molar-refractivity contribution in [3.05, 3.63) is 29.8 Å². The number of amides is 1. The van der Waals surface area contributed by atoms with Crippen molar-refractivity contribution in [1.29, 1.82) is 0 Å². The first-order valence-corrected chi connectivity index (χ1v) is 8.15. The Hall–Kier alpha value is -1.04. The van der Waals surface area contributed by atoms with Crippen LogP contribution >= 0.6 is 11.8 Å². The van der Waals surface area contributed by atoms with Gasteiger partial charge in [0, 0.05) is 23.2 Å². The molecule has 0 aliphatic carbocycles. The van der Waals surface area contributed by atoms with Gasteiger partial charge in [0.15, 0.2) is 0 Å². The molecule has 1 N–H and O–H groups in total. The summed E-state index contributed by atoms with van der Waals surface area (Å²) in [6, 6.07) is 7.72. The minimum absolute atomic E-state index is 0.0324. The van der Waals surface area contributed by atoms with Gasteiger partial charge in [-0.15, -0.1) is 11.8 Å². The first-order valence-electron chi connectivity index (χ1n) is 7.27. The summed E-state index contributed by atoms with van der Waals surface area (Å²) >= 11 is 1.71. The van der Waals surface area contributed by atoms with Crippen LogP contribution in [-0.2, 0) is 4.74 Å². The van der Waals surface area contributed by atoms with Crippen molar-refractivity contribution in [1.82, 2.24) is 10.2 Å². The highest BCUT2D eigenvalue weighted by Gasteiger charge is 2.11. The second kappa shape index (κ2) is 9.82. The van der Waals surface area contributed by atoms with E-state index in [4.69, 9.17) is 4.74 Å². The number of likely N-dealkylation sites (N-methyl/N-ethyl adjacent to an activating group) is 1. The molecule has 0 bridgehead atoms. The first-order chi connectivity index (χ1) is 10.0. The van der Waals surface area contributed by atoms with Crippen LogP contribution in [0.5, 0.6) is 0 Å². The highest BCUT2D eigenvalue weighted by molar-refractivity contribution is 8.00. The Morgan fingerprint density at radius 3 is 2.67 bits per heavy atom. The maximum absolute atomic E-state index is 12.2. The molecule has 1 aromatic rings. The van der Waals surface area contributed by atoms with Gasteiger partial charge in [-0.05, 0) is 26.2 Å². The molecule has 0 radical (unpaired) electrons. The highest BCUT2D eigenvalue weighted by Crippen LogP contribution is 2.26. The Labute approximate surface area is 132 Å². The summed E-state index contributed by atoms with van der Waals surface area (Å²) in [5.41, 5.74) is 0.740. The number of rotatable bonds is 9. The van der Waals surface area contributed by atoms with Gasteiger partial charge in [-0.2, -0.15) is 0 Å². The van der Waals surface area contributed by atoms with E-state index in [9.17, 15) is 4.79 Å². The lowest BCUT2D eigenvalue weighted by atomic mass is 10.2. The number of nitrogens with one attached hydrogen (secondary N) is 1. The fourth-order valence-corrected chi connectivity index (χ4v) is 2.64. The molecule has 21 heavy (non-hydrogen) atoms. The molecule has 0 unspecified atom stereocenters. The molecule has 4 nitrogen and oxygen atoms in total. The van der Waals surface area contributed by atoms with Crippen molar-refractivity contribution in [3.63, 3.8) is 0 Å². The quantitative estimate of drug-likeness (QED) is 0.562. The number of nitrogens with zero attached hydrogens (tertiary/aromatic N) is 1. The van der Waals surface area contributed by atoms with Crippen molar-refractivity contribution in [3.8, 4) is 0 Å². The van der Waals surface area contributed by atoms with Crippen molar-refractivity contribution in [2.24, 2.45) is 0 Å². The molecule has 0 saturated heterocycles. The Morgan fingerprint density at radius 2 is 2.00 bits per heavy atom. The minimum atomic E-state index is -0.0324. The summed E-state index contributed by atoms with van der Waals surface area (Å²) in [5.74, 6) is -0.0324. The van der Waals surface area contributed by atoms with Crippen LogP contribution in [0.2, 0.25) is 0 Å². The van der Waals surface area contributed by atoms with E-state index in [0.717, 1.165) is 17.0 Å². The summed E-state index contributed by atoms with van der Waals surface area (Å²) in [6.07, 6.45) is 0. The van der Waals surface area contributed by atoms with E-state index in [1.54, 1.807) is 11.8 Å². The summed E-state index contributed by atoms with van der Waals surface area (Å²) < 4.78 is 5.46. The number of carbonyl (C=O) groups excluding carboxylic acids is 1. The van der Waals surface area contributed by atoms with Crippen LogP contribution < -0.4 is 5.32 Å². The van der Waals surface area contributed by atoms with Crippen molar-refractivity contribution in [2.45, 2.75) is 24.0 Å². The van der Waals surface area contributed by atoms with Gasteiger partial charge in [0.1, 0.15) is 0 Å². The second-order valence-corrected chi connectivity index (χ2v) is 6.95. The Balaban J connectivity index is 2.38. The van der Waals surface area contributed by atoms with E-state index in [2.05, 4.69) is 24.1 Å². The Bertz CT molecular complexity index is 436. The molecule has 118 valence electrons. The van der Waals surface area contributed by atoms with Gasteiger partial charge in [-0.3, -0.25) is 4.79 Å². The van der Waals surface area contributed by atoms with Crippen molar-refractivity contribution < 1.29 is 9.53 Å². The van der Waals surface area contributed by atoms with Crippen LogP contribution in [0.4, 0.5) is 0 Å². The molecule has 1 amide bonds. The van der Waals surface area contributed by atoms with Crippen LogP contribution in [0.1, 0.15) is 24.2 Å². The largest absolute Gasteiger partial charge is 0.378 e. The predicted molar refractivity (Wildman–Crippen MR) is 89.1 cm³/mol. The molecule has 0 fully saturated rings. The van der Waals surface area contributed by atoms with E-state index >= 15 is 0 Å². The minimum Gasteiger partial charge on any atom is -0.378 e. The third kappa shape index (κ3) is 7.50. The lowest BCUT2D eigenvalue weighted by Crippen LogP contribution is -2.28. The van der Waals surface area contributed by atoms with Gasteiger partial charge >= 0.3 is 0 Å². The average Bonchev–Trinajstić information content (AvgIpc) is 2.42. The smallest absolute Gasteiger partial charge is 0.252 e. The third-order valence-electron chi connectivity index (χ3n) is 2.71. The molecular formula is C16H26N2O2S. The van der Waals surface area contributed by atoms with Gasteiger partial charge in [-0.25, -0.2) is 0 Å². The molecule has 5 heteroatoms. The second-order valence-electron chi connectivity index (χ2n) is 5.33. The van der Waals surface area contributed by atoms with Gasteiger partial charge in [0.2, 0.25) is 0 Å². The first kappa shape index (κ1) is 18.0. The summed E-state index contributed by atoms with van der Waals surface area (Å²) in [7, 11) is 4.02. The number of benzene rings is 1. The summed E-state index contributed by atoms with van der Waals surface area (Å²) in [4.78, 5) is 15.3.